The molecule has 0 aromatic rings. The highest BCUT2D eigenvalue weighted by Crippen LogP contribution is 2.26. The Morgan fingerprint density at radius 3 is 3.21 bits per heavy atom. The van der Waals surface area contributed by atoms with Crippen LogP contribution in [0.2, 0.25) is 0 Å². The summed E-state index contributed by atoms with van der Waals surface area (Å²) in [6.45, 7) is 0.441. The summed E-state index contributed by atoms with van der Waals surface area (Å²) in [6, 6.07) is 0. The van der Waals surface area contributed by atoms with Crippen molar-refractivity contribution in [3.63, 3.8) is 0 Å². The summed E-state index contributed by atoms with van der Waals surface area (Å²) in [5.41, 5.74) is 5.69. The van der Waals surface area contributed by atoms with E-state index in [1.165, 1.54) is 0 Å². The third kappa shape index (κ3) is 1.30. The number of hydrogen-bond acceptors (Lipinski definition) is 4. The number of carbonyl (C=O) groups excluding carboxylic acids is 1. The molecule has 1 fully saturated rings. The van der Waals surface area contributed by atoms with Gasteiger partial charge in [0.25, 0.3) is 0 Å². The van der Waals surface area contributed by atoms with E-state index in [1.807, 2.05) is 11.1 Å². The van der Waals surface area contributed by atoms with Gasteiger partial charge in [-0.25, -0.2) is 0 Å². The summed E-state index contributed by atoms with van der Waals surface area (Å²) in [4.78, 5) is 12.9. The van der Waals surface area contributed by atoms with E-state index >= 15 is 0 Å². The van der Waals surface area contributed by atoms with Crippen LogP contribution in [-0.4, -0.2) is 37.0 Å². The van der Waals surface area contributed by atoms with Crippen molar-refractivity contribution in [2.45, 2.75) is 12.5 Å². The molecule has 0 aliphatic carbocycles. The summed E-state index contributed by atoms with van der Waals surface area (Å²) >= 11 is 0. The van der Waals surface area contributed by atoms with Crippen molar-refractivity contribution in [1.82, 2.24) is 4.90 Å². The van der Waals surface area contributed by atoms with Gasteiger partial charge in [-0.1, -0.05) is 0 Å². The summed E-state index contributed by atoms with van der Waals surface area (Å²) in [7, 11) is 1.60. The van der Waals surface area contributed by atoms with Crippen LogP contribution < -0.4 is 5.73 Å². The van der Waals surface area contributed by atoms with E-state index in [1.54, 1.807) is 19.3 Å². The summed E-state index contributed by atoms with van der Waals surface area (Å²) in [5, 5.41) is 0. The van der Waals surface area contributed by atoms with E-state index in [2.05, 4.69) is 0 Å². The number of hydrogen-bond donors (Lipinski definition) is 1. The Kier molecular flexibility index (Phi) is 2.26. The van der Waals surface area contributed by atoms with Gasteiger partial charge in [0, 0.05) is 13.3 Å². The van der Waals surface area contributed by atoms with Gasteiger partial charge in [0.05, 0.1) is 12.2 Å². The highest BCUT2D eigenvalue weighted by atomic mass is 16.6. The Morgan fingerprint density at radius 1 is 1.79 bits per heavy atom. The lowest BCUT2D eigenvalue weighted by Gasteiger charge is -2.28. The van der Waals surface area contributed by atoms with Gasteiger partial charge < -0.3 is 20.1 Å². The fraction of sp³-hybridized carbons (Fsp3) is 0.444. The molecule has 2 unspecified atom stereocenters. The summed E-state index contributed by atoms with van der Waals surface area (Å²) in [5.74, 6) is -0.457. The SMILES string of the molecule is COC1COC2C(C(N)=O)=CC=CN12. The normalized spacial score (nSPS) is 30.1. The maximum atomic E-state index is 11.1. The van der Waals surface area contributed by atoms with Crippen LogP contribution in [0, 0.1) is 0 Å². The monoisotopic (exact) mass is 196 g/mol. The molecular weight excluding hydrogens is 184 g/mol. The Labute approximate surface area is 81.8 Å². The Morgan fingerprint density at radius 2 is 2.57 bits per heavy atom. The van der Waals surface area contributed by atoms with Crippen molar-refractivity contribution in [3.05, 3.63) is 23.9 Å². The number of allylic oxidation sites excluding steroid dienone is 2. The molecule has 76 valence electrons. The van der Waals surface area contributed by atoms with Crippen LogP contribution in [-0.2, 0) is 14.3 Å². The van der Waals surface area contributed by atoms with Crippen molar-refractivity contribution < 1.29 is 14.3 Å². The van der Waals surface area contributed by atoms with Crippen LogP contribution in [0.5, 0.6) is 0 Å². The Hall–Kier alpha value is -1.33. The zero-order chi connectivity index (χ0) is 10.1. The van der Waals surface area contributed by atoms with Crippen LogP contribution in [0.3, 0.4) is 0 Å². The maximum absolute atomic E-state index is 11.1. The van der Waals surface area contributed by atoms with Gasteiger partial charge in [-0.3, -0.25) is 4.79 Å². The largest absolute Gasteiger partial charge is 0.366 e. The smallest absolute Gasteiger partial charge is 0.249 e. The number of rotatable bonds is 2. The summed E-state index contributed by atoms with van der Waals surface area (Å²) < 4.78 is 10.6. The van der Waals surface area contributed by atoms with E-state index in [9.17, 15) is 4.79 Å². The second kappa shape index (κ2) is 3.43. The van der Waals surface area contributed by atoms with Gasteiger partial charge in [0.1, 0.15) is 0 Å². The molecule has 5 nitrogen and oxygen atoms in total. The first-order chi connectivity index (χ1) is 6.74. The quantitative estimate of drug-likeness (QED) is 0.650. The number of amides is 1. The number of primary amides is 1. The molecule has 0 bridgehead atoms. The number of nitrogens with zero attached hydrogens (tertiary/aromatic N) is 1. The van der Waals surface area contributed by atoms with Gasteiger partial charge in [-0.2, -0.15) is 0 Å². The van der Waals surface area contributed by atoms with Crippen LogP contribution in [0.1, 0.15) is 0 Å². The van der Waals surface area contributed by atoms with Gasteiger partial charge in [0.15, 0.2) is 12.5 Å². The van der Waals surface area contributed by atoms with Crippen LogP contribution in [0.25, 0.3) is 0 Å². The van der Waals surface area contributed by atoms with Gasteiger partial charge in [0.2, 0.25) is 5.91 Å². The van der Waals surface area contributed by atoms with Crippen molar-refractivity contribution in [3.8, 4) is 0 Å². The maximum Gasteiger partial charge on any atom is 0.249 e. The van der Waals surface area contributed by atoms with Crippen molar-refractivity contribution >= 4 is 5.91 Å². The van der Waals surface area contributed by atoms with Crippen molar-refractivity contribution in [2.24, 2.45) is 5.73 Å². The third-order valence-electron chi connectivity index (χ3n) is 2.36. The Bertz CT molecular complexity index is 311. The van der Waals surface area contributed by atoms with Crippen LogP contribution in [0.4, 0.5) is 0 Å². The van der Waals surface area contributed by atoms with E-state index in [-0.39, 0.29) is 12.5 Å². The molecule has 2 heterocycles. The van der Waals surface area contributed by atoms with Crippen LogP contribution in [0.15, 0.2) is 23.9 Å². The average Bonchev–Trinajstić information content (AvgIpc) is 2.59. The molecule has 0 aromatic heterocycles. The fourth-order valence-electron chi connectivity index (χ4n) is 1.64. The molecule has 0 aromatic carbocycles. The second-order valence-electron chi connectivity index (χ2n) is 3.15. The van der Waals surface area contributed by atoms with Gasteiger partial charge >= 0.3 is 0 Å². The summed E-state index contributed by atoms with van der Waals surface area (Å²) in [6.07, 6.45) is 4.73. The first-order valence-electron chi connectivity index (χ1n) is 4.34. The minimum atomic E-state index is -0.457. The molecule has 1 saturated heterocycles. The molecule has 0 saturated carbocycles. The molecular formula is C9H12N2O3. The zero-order valence-corrected chi connectivity index (χ0v) is 7.84. The first-order valence-corrected chi connectivity index (χ1v) is 4.34. The minimum absolute atomic E-state index is 0.140. The molecule has 1 amide bonds. The van der Waals surface area contributed by atoms with Gasteiger partial charge in [-0.05, 0) is 12.2 Å². The standard InChI is InChI=1S/C9H12N2O3/c1-13-7-5-14-9-6(8(10)12)3-2-4-11(7)9/h2-4,7,9H,5H2,1H3,(H2,10,12). The molecule has 2 aliphatic rings. The van der Waals surface area contributed by atoms with Crippen molar-refractivity contribution in [1.29, 1.82) is 0 Å². The average molecular weight is 196 g/mol. The van der Waals surface area contributed by atoms with Crippen LogP contribution >= 0.6 is 0 Å². The van der Waals surface area contributed by atoms with Crippen molar-refractivity contribution in [2.75, 3.05) is 13.7 Å². The lowest BCUT2D eigenvalue weighted by molar-refractivity contribution is -0.116. The second-order valence-corrected chi connectivity index (χ2v) is 3.15. The number of ether oxygens (including phenoxy) is 2. The molecule has 2 rings (SSSR count). The molecule has 0 spiro atoms. The Balaban J connectivity index is 2.23. The topological polar surface area (TPSA) is 64.8 Å². The predicted molar refractivity (Wildman–Crippen MR) is 48.8 cm³/mol. The molecule has 2 N–H and O–H groups in total. The highest BCUT2D eigenvalue weighted by molar-refractivity contribution is 5.93. The number of methoxy groups -OCH3 is 1. The first kappa shape index (κ1) is 9.23. The molecule has 2 atom stereocenters. The van der Waals surface area contributed by atoms with E-state index in [4.69, 9.17) is 15.2 Å². The molecule has 0 radical (unpaired) electrons. The molecule has 5 heteroatoms. The lowest BCUT2D eigenvalue weighted by atomic mass is 10.1. The van der Waals surface area contributed by atoms with E-state index < -0.39 is 5.91 Å². The minimum Gasteiger partial charge on any atom is -0.366 e. The molecule has 14 heavy (non-hydrogen) atoms. The number of fused-ring (bicyclic) bond motifs is 1. The third-order valence-corrected chi connectivity index (χ3v) is 2.36. The van der Waals surface area contributed by atoms with E-state index in [0.717, 1.165) is 0 Å². The highest BCUT2D eigenvalue weighted by Gasteiger charge is 2.37. The predicted octanol–water partition coefficient (Wildman–Crippen LogP) is -0.444. The zero-order valence-electron chi connectivity index (χ0n) is 7.84. The fourth-order valence-corrected chi connectivity index (χ4v) is 1.64. The van der Waals surface area contributed by atoms with Gasteiger partial charge in [-0.15, -0.1) is 0 Å². The lowest BCUT2D eigenvalue weighted by Crippen LogP contribution is -2.39. The van der Waals surface area contributed by atoms with E-state index in [0.29, 0.717) is 12.2 Å². The number of nitrogens with two attached hydrogens (primary N) is 1. The number of carbonyl (C=O) groups is 1. The molecule has 2 aliphatic heterocycles.